The number of benzene rings is 1. The van der Waals surface area contributed by atoms with E-state index in [0.29, 0.717) is 0 Å². The van der Waals surface area contributed by atoms with Crippen LogP contribution in [0, 0.1) is 0 Å². The van der Waals surface area contributed by atoms with Crippen LogP contribution in [-0.4, -0.2) is 31.2 Å². The molecular formula is C13H14ClN3S. The van der Waals surface area contributed by atoms with Crippen LogP contribution < -0.4 is 10.2 Å². The molecule has 0 radical (unpaired) electrons. The van der Waals surface area contributed by atoms with Crippen molar-refractivity contribution in [3.63, 3.8) is 0 Å². The van der Waals surface area contributed by atoms with Gasteiger partial charge in [-0.05, 0) is 6.07 Å². The lowest BCUT2D eigenvalue weighted by Gasteiger charge is -2.26. The van der Waals surface area contributed by atoms with Gasteiger partial charge in [0.1, 0.15) is 0 Å². The Labute approximate surface area is 115 Å². The number of nitrogens with one attached hydrogen (secondary N) is 1. The smallest absolute Gasteiger partial charge is 0.185 e. The zero-order valence-corrected chi connectivity index (χ0v) is 11.5. The zero-order valence-electron chi connectivity index (χ0n) is 9.90. The Morgan fingerprint density at radius 3 is 2.78 bits per heavy atom. The number of halogens is 1. The summed E-state index contributed by atoms with van der Waals surface area (Å²) in [6.45, 7) is 4.10. The third-order valence-corrected chi connectivity index (χ3v) is 4.26. The van der Waals surface area contributed by atoms with Gasteiger partial charge in [-0.25, -0.2) is 4.98 Å². The second kappa shape index (κ2) is 5.26. The molecular weight excluding hydrogens is 266 g/mol. The predicted molar refractivity (Wildman–Crippen MR) is 77.6 cm³/mol. The first-order chi connectivity index (χ1) is 8.84. The lowest BCUT2D eigenvalue weighted by molar-refractivity contribution is 0.588. The lowest BCUT2D eigenvalue weighted by atomic mass is 10.2. The van der Waals surface area contributed by atoms with Gasteiger partial charge in [0.2, 0.25) is 0 Å². The van der Waals surface area contributed by atoms with Gasteiger partial charge in [0.15, 0.2) is 5.13 Å². The van der Waals surface area contributed by atoms with E-state index in [1.54, 1.807) is 11.3 Å². The molecule has 1 fully saturated rings. The van der Waals surface area contributed by atoms with E-state index >= 15 is 0 Å². The Bertz CT molecular complexity index is 535. The number of anilines is 1. The molecule has 0 unspecified atom stereocenters. The number of piperazine rings is 1. The first-order valence-corrected chi connectivity index (χ1v) is 7.26. The predicted octanol–water partition coefficient (Wildman–Crippen LogP) is 2.87. The number of hydrogen-bond acceptors (Lipinski definition) is 4. The van der Waals surface area contributed by atoms with Gasteiger partial charge in [-0.1, -0.05) is 29.8 Å². The number of hydrogen-bond donors (Lipinski definition) is 1. The van der Waals surface area contributed by atoms with Crippen molar-refractivity contribution >= 4 is 28.1 Å². The Hall–Kier alpha value is -1.10. The molecule has 0 amide bonds. The highest BCUT2D eigenvalue weighted by Gasteiger charge is 2.15. The molecule has 1 aromatic carbocycles. The quantitative estimate of drug-likeness (QED) is 0.916. The maximum Gasteiger partial charge on any atom is 0.185 e. The van der Waals surface area contributed by atoms with Gasteiger partial charge in [-0.15, -0.1) is 11.3 Å². The summed E-state index contributed by atoms with van der Waals surface area (Å²) in [5.41, 5.74) is 1.98. The summed E-state index contributed by atoms with van der Waals surface area (Å²) in [6, 6.07) is 7.85. The van der Waals surface area contributed by atoms with Gasteiger partial charge in [-0.2, -0.15) is 0 Å². The summed E-state index contributed by atoms with van der Waals surface area (Å²) in [4.78, 5) is 7.02. The minimum atomic E-state index is 0.759. The molecule has 94 valence electrons. The number of nitrogens with zero attached hydrogens (tertiary/aromatic N) is 2. The van der Waals surface area contributed by atoms with Crippen molar-refractivity contribution in [1.82, 2.24) is 10.3 Å². The second-order valence-electron chi connectivity index (χ2n) is 4.23. The molecule has 0 atom stereocenters. The van der Waals surface area contributed by atoms with Gasteiger partial charge < -0.3 is 10.2 Å². The molecule has 3 nitrogen and oxygen atoms in total. The highest BCUT2D eigenvalue weighted by Crippen LogP contribution is 2.31. The Morgan fingerprint density at radius 2 is 2.00 bits per heavy atom. The van der Waals surface area contributed by atoms with Crippen LogP contribution in [0.2, 0.25) is 5.02 Å². The summed E-state index contributed by atoms with van der Waals surface area (Å²) in [5.74, 6) is 0. The summed E-state index contributed by atoms with van der Waals surface area (Å²) >= 11 is 7.88. The minimum absolute atomic E-state index is 0.759. The molecule has 1 saturated heterocycles. The van der Waals surface area contributed by atoms with Crippen LogP contribution in [0.1, 0.15) is 0 Å². The van der Waals surface area contributed by atoms with Crippen LogP contribution in [0.4, 0.5) is 5.13 Å². The Kier molecular flexibility index (Phi) is 3.50. The van der Waals surface area contributed by atoms with Crippen molar-refractivity contribution in [2.75, 3.05) is 31.1 Å². The van der Waals surface area contributed by atoms with E-state index in [2.05, 4.69) is 15.6 Å². The molecule has 1 aromatic heterocycles. The fourth-order valence-electron chi connectivity index (χ4n) is 2.06. The van der Waals surface area contributed by atoms with E-state index in [0.717, 1.165) is 47.6 Å². The Balaban J connectivity index is 1.87. The van der Waals surface area contributed by atoms with Crippen molar-refractivity contribution in [3.8, 4) is 11.3 Å². The van der Waals surface area contributed by atoms with E-state index < -0.39 is 0 Å². The molecule has 2 aromatic rings. The molecule has 1 N–H and O–H groups in total. The first kappa shape index (κ1) is 12.0. The molecule has 3 rings (SSSR count). The maximum absolute atomic E-state index is 6.19. The summed E-state index contributed by atoms with van der Waals surface area (Å²) in [5, 5.41) is 7.28. The normalized spacial score (nSPS) is 15.9. The third kappa shape index (κ3) is 2.36. The highest BCUT2D eigenvalue weighted by atomic mass is 35.5. The fraction of sp³-hybridized carbons (Fsp3) is 0.308. The topological polar surface area (TPSA) is 28.2 Å². The van der Waals surface area contributed by atoms with Crippen molar-refractivity contribution in [3.05, 3.63) is 34.7 Å². The van der Waals surface area contributed by atoms with Crippen LogP contribution >= 0.6 is 22.9 Å². The monoisotopic (exact) mass is 279 g/mol. The van der Waals surface area contributed by atoms with Crippen molar-refractivity contribution in [1.29, 1.82) is 0 Å². The molecule has 0 saturated carbocycles. The van der Waals surface area contributed by atoms with Crippen molar-refractivity contribution < 1.29 is 0 Å². The summed E-state index contributed by atoms with van der Waals surface area (Å²) in [6.07, 6.45) is 0. The Morgan fingerprint density at radius 1 is 1.22 bits per heavy atom. The highest BCUT2D eigenvalue weighted by molar-refractivity contribution is 7.14. The standard InChI is InChI=1S/C13H14ClN3S/c14-11-4-2-1-3-10(11)12-9-18-13(16-12)17-7-5-15-6-8-17/h1-4,9,15H,5-8H2. The van der Waals surface area contributed by atoms with Gasteiger partial charge in [0, 0.05) is 42.1 Å². The molecule has 0 bridgehead atoms. The first-order valence-electron chi connectivity index (χ1n) is 6.01. The molecule has 1 aliphatic rings. The van der Waals surface area contributed by atoms with E-state index in [4.69, 9.17) is 16.6 Å². The third-order valence-electron chi connectivity index (χ3n) is 3.03. The summed E-state index contributed by atoms with van der Waals surface area (Å²) < 4.78 is 0. The number of aromatic nitrogens is 1. The van der Waals surface area contributed by atoms with Crippen LogP contribution in [0.25, 0.3) is 11.3 Å². The summed E-state index contributed by atoms with van der Waals surface area (Å²) in [7, 11) is 0. The average molecular weight is 280 g/mol. The van der Waals surface area contributed by atoms with Gasteiger partial charge in [0.05, 0.1) is 5.69 Å². The van der Waals surface area contributed by atoms with Crippen molar-refractivity contribution in [2.24, 2.45) is 0 Å². The molecule has 0 spiro atoms. The van der Waals surface area contributed by atoms with Crippen LogP contribution in [0.15, 0.2) is 29.6 Å². The van der Waals surface area contributed by atoms with E-state index in [1.165, 1.54) is 0 Å². The largest absolute Gasteiger partial charge is 0.346 e. The van der Waals surface area contributed by atoms with Gasteiger partial charge >= 0.3 is 0 Å². The van der Waals surface area contributed by atoms with Gasteiger partial charge in [-0.3, -0.25) is 0 Å². The zero-order chi connectivity index (χ0) is 12.4. The van der Waals surface area contributed by atoms with Crippen molar-refractivity contribution in [2.45, 2.75) is 0 Å². The average Bonchev–Trinajstić information content (AvgIpc) is 2.90. The van der Waals surface area contributed by atoms with E-state index in [1.807, 2.05) is 24.3 Å². The molecule has 5 heteroatoms. The molecule has 1 aliphatic heterocycles. The molecule has 0 aliphatic carbocycles. The van der Waals surface area contributed by atoms with Gasteiger partial charge in [0.25, 0.3) is 0 Å². The SMILES string of the molecule is Clc1ccccc1-c1csc(N2CCNCC2)n1. The van der Waals surface area contributed by atoms with Crippen LogP contribution in [0.3, 0.4) is 0 Å². The maximum atomic E-state index is 6.19. The molecule has 18 heavy (non-hydrogen) atoms. The number of thiazole rings is 1. The van der Waals surface area contributed by atoms with Crippen LogP contribution in [0.5, 0.6) is 0 Å². The van der Waals surface area contributed by atoms with Crippen LogP contribution in [-0.2, 0) is 0 Å². The lowest BCUT2D eigenvalue weighted by Crippen LogP contribution is -2.43. The minimum Gasteiger partial charge on any atom is -0.346 e. The number of rotatable bonds is 2. The fourth-order valence-corrected chi connectivity index (χ4v) is 3.17. The van der Waals surface area contributed by atoms with E-state index in [9.17, 15) is 0 Å². The molecule has 2 heterocycles. The second-order valence-corrected chi connectivity index (χ2v) is 5.48. The van der Waals surface area contributed by atoms with E-state index in [-0.39, 0.29) is 0 Å².